The van der Waals surface area contributed by atoms with Gasteiger partial charge in [0.15, 0.2) is 0 Å². The van der Waals surface area contributed by atoms with E-state index in [1.165, 1.54) is 25.1 Å². The summed E-state index contributed by atoms with van der Waals surface area (Å²) in [6.45, 7) is 2.46. The van der Waals surface area contributed by atoms with Crippen molar-refractivity contribution in [2.75, 3.05) is 0 Å². The molecule has 1 heterocycles. The van der Waals surface area contributed by atoms with Gasteiger partial charge in [-0.3, -0.25) is 0 Å². The van der Waals surface area contributed by atoms with E-state index in [9.17, 15) is 17.9 Å². The molecule has 0 aliphatic rings. The van der Waals surface area contributed by atoms with Gasteiger partial charge in [0.05, 0.1) is 6.61 Å². The molecular formula is C14H16FNO4S. The minimum absolute atomic E-state index is 0.0844. The van der Waals surface area contributed by atoms with E-state index >= 15 is 0 Å². The highest BCUT2D eigenvalue weighted by molar-refractivity contribution is 7.89. The SMILES string of the molecule is Cc1oc(C)c(S(=O)(=O)NCc2ccccc2F)c1CO. The van der Waals surface area contributed by atoms with Gasteiger partial charge in [0.1, 0.15) is 22.2 Å². The Kier molecular flexibility index (Phi) is 4.46. The molecule has 0 radical (unpaired) electrons. The molecule has 0 saturated heterocycles. The molecule has 0 atom stereocenters. The number of aliphatic hydroxyl groups excluding tert-OH is 1. The van der Waals surface area contributed by atoms with E-state index in [2.05, 4.69) is 4.72 Å². The van der Waals surface area contributed by atoms with E-state index < -0.39 is 22.4 Å². The van der Waals surface area contributed by atoms with Crippen molar-refractivity contribution < 1.29 is 22.3 Å². The van der Waals surface area contributed by atoms with Crippen LogP contribution in [0.1, 0.15) is 22.6 Å². The molecule has 0 aliphatic carbocycles. The van der Waals surface area contributed by atoms with Crippen LogP contribution in [0.4, 0.5) is 4.39 Å². The second-order valence-electron chi connectivity index (χ2n) is 4.60. The molecule has 7 heteroatoms. The van der Waals surface area contributed by atoms with E-state index in [0.717, 1.165) is 0 Å². The van der Waals surface area contributed by atoms with Gasteiger partial charge < -0.3 is 9.52 Å². The van der Waals surface area contributed by atoms with Gasteiger partial charge in [-0.25, -0.2) is 17.5 Å². The van der Waals surface area contributed by atoms with Crippen molar-refractivity contribution in [3.63, 3.8) is 0 Å². The van der Waals surface area contributed by atoms with Gasteiger partial charge in [0.2, 0.25) is 10.0 Å². The van der Waals surface area contributed by atoms with Crippen molar-refractivity contribution in [1.29, 1.82) is 0 Å². The molecule has 1 aromatic heterocycles. The third-order valence-corrected chi connectivity index (χ3v) is 4.76. The zero-order chi connectivity index (χ0) is 15.6. The highest BCUT2D eigenvalue weighted by Crippen LogP contribution is 2.26. The lowest BCUT2D eigenvalue weighted by Gasteiger charge is -2.08. The summed E-state index contributed by atoms with van der Waals surface area (Å²) in [7, 11) is -3.90. The van der Waals surface area contributed by atoms with Crippen molar-refractivity contribution in [2.45, 2.75) is 31.9 Å². The number of hydrogen-bond donors (Lipinski definition) is 2. The highest BCUT2D eigenvalue weighted by atomic mass is 32.2. The number of nitrogens with one attached hydrogen (secondary N) is 1. The van der Waals surface area contributed by atoms with E-state index in [0.29, 0.717) is 5.76 Å². The van der Waals surface area contributed by atoms with Crippen LogP contribution >= 0.6 is 0 Å². The molecule has 114 valence electrons. The van der Waals surface area contributed by atoms with Crippen LogP contribution in [-0.4, -0.2) is 13.5 Å². The van der Waals surface area contributed by atoms with Gasteiger partial charge in [-0.15, -0.1) is 0 Å². The van der Waals surface area contributed by atoms with E-state index in [1.807, 2.05) is 0 Å². The predicted octanol–water partition coefficient (Wildman–Crippen LogP) is 2.01. The number of sulfonamides is 1. The Morgan fingerprint density at radius 2 is 1.90 bits per heavy atom. The third-order valence-electron chi connectivity index (χ3n) is 3.16. The molecule has 21 heavy (non-hydrogen) atoms. The van der Waals surface area contributed by atoms with Crippen LogP contribution in [-0.2, 0) is 23.2 Å². The average Bonchev–Trinajstić information content (AvgIpc) is 2.72. The second-order valence-corrected chi connectivity index (χ2v) is 6.30. The first-order valence-electron chi connectivity index (χ1n) is 6.29. The van der Waals surface area contributed by atoms with E-state index in [4.69, 9.17) is 4.42 Å². The number of rotatable bonds is 5. The van der Waals surface area contributed by atoms with Crippen LogP contribution in [0.25, 0.3) is 0 Å². The summed E-state index contributed by atoms with van der Waals surface area (Å²) in [5.41, 5.74) is 0.457. The summed E-state index contributed by atoms with van der Waals surface area (Å²) >= 11 is 0. The van der Waals surface area contributed by atoms with Crippen LogP contribution in [0, 0.1) is 19.7 Å². The first kappa shape index (κ1) is 15.7. The normalized spacial score (nSPS) is 11.8. The Labute approximate surface area is 122 Å². The molecule has 0 bridgehead atoms. The average molecular weight is 313 g/mol. The summed E-state index contributed by atoms with van der Waals surface area (Å²) in [6, 6.07) is 5.91. The summed E-state index contributed by atoms with van der Waals surface area (Å²) in [4.78, 5) is -0.0844. The van der Waals surface area contributed by atoms with Crippen molar-refractivity contribution in [3.8, 4) is 0 Å². The molecule has 2 aromatic rings. The third kappa shape index (κ3) is 3.15. The second kappa shape index (κ2) is 5.97. The number of aliphatic hydroxyl groups is 1. The molecule has 5 nitrogen and oxygen atoms in total. The van der Waals surface area contributed by atoms with Gasteiger partial charge in [0, 0.05) is 17.7 Å². The Hall–Kier alpha value is -1.70. The van der Waals surface area contributed by atoms with Gasteiger partial charge in [-0.2, -0.15) is 0 Å². The predicted molar refractivity (Wildman–Crippen MR) is 74.5 cm³/mol. The maximum atomic E-state index is 13.5. The molecule has 0 spiro atoms. The zero-order valence-electron chi connectivity index (χ0n) is 11.7. The van der Waals surface area contributed by atoms with Crippen molar-refractivity contribution in [2.24, 2.45) is 0 Å². The Balaban J connectivity index is 2.30. The number of halogens is 1. The molecule has 0 saturated carbocycles. The monoisotopic (exact) mass is 313 g/mol. The minimum Gasteiger partial charge on any atom is -0.465 e. The van der Waals surface area contributed by atoms with Gasteiger partial charge >= 0.3 is 0 Å². The van der Waals surface area contributed by atoms with Crippen molar-refractivity contribution in [3.05, 3.63) is 52.7 Å². The molecule has 1 aromatic carbocycles. The molecular weight excluding hydrogens is 297 g/mol. The highest BCUT2D eigenvalue weighted by Gasteiger charge is 2.26. The first-order valence-corrected chi connectivity index (χ1v) is 7.78. The maximum absolute atomic E-state index is 13.5. The van der Waals surface area contributed by atoms with Crippen LogP contribution in [0.2, 0.25) is 0 Å². The molecule has 0 amide bonds. The number of aryl methyl sites for hydroxylation is 2. The Morgan fingerprint density at radius 3 is 2.52 bits per heavy atom. The maximum Gasteiger partial charge on any atom is 0.244 e. The fourth-order valence-corrected chi connectivity index (χ4v) is 3.57. The quantitative estimate of drug-likeness (QED) is 0.885. The van der Waals surface area contributed by atoms with Gasteiger partial charge in [-0.1, -0.05) is 18.2 Å². The van der Waals surface area contributed by atoms with Crippen LogP contribution in [0.5, 0.6) is 0 Å². The van der Waals surface area contributed by atoms with E-state index in [1.54, 1.807) is 13.0 Å². The van der Waals surface area contributed by atoms with Gasteiger partial charge in [-0.05, 0) is 19.9 Å². The lowest BCUT2D eigenvalue weighted by atomic mass is 10.2. The van der Waals surface area contributed by atoms with E-state index in [-0.39, 0.29) is 28.3 Å². The molecule has 2 N–H and O–H groups in total. The fourth-order valence-electron chi connectivity index (χ4n) is 2.13. The van der Waals surface area contributed by atoms with Crippen molar-refractivity contribution >= 4 is 10.0 Å². The Bertz CT molecular complexity index is 752. The lowest BCUT2D eigenvalue weighted by molar-refractivity contribution is 0.276. The van der Waals surface area contributed by atoms with Crippen LogP contribution in [0.3, 0.4) is 0 Å². The lowest BCUT2D eigenvalue weighted by Crippen LogP contribution is -2.25. The van der Waals surface area contributed by atoms with Gasteiger partial charge in [0.25, 0.3) is 0 Å². The summed E-state index contributed by atoms with van der Waals surface area (Å²) < 4.78 is 45.7. The standard InChI is InChI=1S/C14H16FNO4S/c1-9-12(8-17)14(10(2)20-9)21(18,19)16-7-11-5-3-4-6-13(11)15/h3-6,16-17H,7-8H2,1-2H3. The zero-order valence-corrected chi connectivity index (χ0v) is 12.5. The number of furan rings is 1. The molecule has 0 aliphatic heterocycles. The van der Waals surface area contributed by atoms with Crippen LogP contribution < -0.4 is 4.72 Å². The summed E-state index contributed by atoms with van der Waals surface area (Å²) in [6.07, 6.45) is 0. The summed E-state index contributed by atoms with van der Waals surface area (Å²) in [5.74, 6) is 0.0570. The largest absolute Gasteiger partial charge is 0.465 e. The van der Waals surface area contributed by atoms with Crippen LogP contribution in [0.15, 0.2) is 33.6 Å². The molecule has 2 rings (SSSR count). The fraction of sp³-hybridized carbons (Fsp3) is 0.286. The molecule has 0 fully saturated rings. The topological polar surface area (TPSA) is 79.5 Å². The first-order chi connectivity index (χ1) is 9.86. The number of hydrogen-bond acceptors (Lipinski definition) is 4. The minimum atomic E-state index is -3.90. The Morgan fingerprint density at radius 1 is 1.24 bits per heavy atom. The smallest absolute Gasteiger partial charge is 0.244 e. The molecule has 0 unspecified atom stereocenters. The number of benzene rings is 1. The summed E-state index contributed by atoms with van der Waals surface area (Å²) in [5, 5.41) is 9.29. The van der Waals surface area contributed by atoms with Crippen molar-refractivity contribution in [1.82, 2.24) is 4.72 Å².